The molecule has 0 atom stereocenters. The normalized spacial score (nSPS) is 11.1. The van der Waals surface area contributed by atoms with Gasteiger partial charge >= 0.3 is 0 Å². The topological polar surface area (TPSA) is 81.8 Å². The van der Waals surface area contributed by atoms with E-state index >= 15 is 0 Å². The first-order valence-electron chi connectivity index (χ1n) is 10.2. The van der Waals surface area contributed by atoms with Crippen molar-refractivity contribution < 1.29 is 4.79 Å². The lowest BCUT2D eigenvalue weighted by Crippen LogP contribution is -2.31. The molecule has 0 saturated heterocycles. The van der Waals surface area contributed by atoms with Gasteiger partial charge in [-0.05, 0) is 57.4 Å². The number of hydrogen-bond donors (Lipinski definition) is 1. The van der Waals surface area contributed by atoms with Crippen molar-refractivity contribution in [2.75, 3.05) is 5.32 Å². The Bertz CT molecular complexity index is 1360. The number of aromatic nitrogens is 4. The second kappa shape index (κ2) is 7.83. The smallest absolute Gasteiger partial charge is 0.293 e. The van der Waals surface area contributed by atoms with Crippen molar-refractivity contribution in [3.05, 3.63) is 80.9 Å². The van der Waals surface area contributed by atoms with Crippen LogP contribution < -0.4 is 10.9 Å². The molecule has 0 saturated carbocycles. The molecule has 4 aromatic rings. The van der Waals surface area contributed by atoms with Gasteiger partial charge in [-0.2, -0.15) is 10.2 Å². The summed E-state index contributed by atoms with van der Waals surface area (Å²) in [7, 11) is 0. The van der Waals surface area contributed by atoms with E-state index in [0.29, 0.717) is 16.6 Å². The number of anilines is 1. The third kappa shape index (κ3) is 3.74. The molecule has 0 bridgehead atoms. The molecule has 158 valence electrons. The highest BCUT2D eigenvalue weighted by Gasteiger charge is 2.18. The lowest BCUT2D eigenvalue weighted by molar-refractivity contribution is -0.117. The van der Waals surface area contributed by atoms with Crippen LogP contribution >= 0.6 is 0 Å². The van der Waals surface area contributed by atoms with Gasteiger partial charge in [-0.15, -0.1) is 0 Å². The maximum atomic E-state index is 13.3. The number of hydrogen-bond acceptors (Lipinski definition) is 4. The molecule has 4 rings (SSSR count). The van der Waals surface area contributed by atoms with Crippen LogP contribution in [0.25, 0.3) is 16.6 Å². The summed E-state index contributed by atoms with van der Waals surface area (Å²) in [4.78, 5) is 26.1. The Hall–Kier alpha value is -3.74. The van der Waals surface area contributed by atoms with Crippen LogP contribution in [0.1, 0.15) is 27.9 Å². The zero-order valence-electron chi connectivity index (χ0n) is 18.4. The second-order valence-corrected chi connectivity index (χ2v) is 7.98. The highest BCUT2D eigenvalue weighted by atomic mass is 16.2. The number of para-hydroxylation sites is 1. The largest absolute Gasteiger partial charge is 0.324 e. The van der Waals surface area contributed by atoms with E-state index in [1.807, 2.05) is 71.0 Å². The maximum Gasteiger partial charge on any atom is 0.293 e. The Kier molecular flexibility index (Phi) is 5.19. The summed E-state index contributed by atoms with van der Waals surface area (Å²) in [5.74, 6) is -0.301. The van der Waals surface area contributed by atoms with Gasteiger partial charge in [-0.3, -0.25) is 9.59 Å². The minimum absolute atomic E-state index is 0.179. The Labute approximate surface area is 180 Å². The highest BCUT2D eigenvalue weighted by molar-refractivity contribution is 5.92. The summed E-state index contributed by atoms with van der Waals surface area (Å²) >= 11 is 0. The first kappa shape index (κ1) is 20.5. The number of benzene rings is 2. The standard InChI is InChI=1S/C24H25N5O2/c1-14-10-16(3)22(17(4)11-14)26-21(30)13-28-24(31)23-19(18(5)27-28)12-25-29(23)20-9-7-6-8-15(20)2/h6-12H,13H2,1-5H3,(H,26,30). The minimum atomic E-state index is -0.353. The lowest BCUT2D eigenvalue weighted by Gasteiger charge is -2.14. The summed E-state index contributed by atoms with van der Waals surface area (Å²) in [6.07, 6.45) is 1.65. The van der Waals surface area contributed by atoms with Gasteiger partial charge in [0, 0.05) is 11.1 Å². The quantitative estimate of drug-likeness (QED) is 0.550. The maximum absolute atomic E-state index is 13.3. The third-order valence-corrected chi connectivity index (χ3v) is 5.45. The van der Waals surface area contributed by atoms with Crippen molar-refractivity contribution in [3.63, 3.8) is 0 Å². The van der Waals surface area contributed by atoms with Crippen LogP contribution in [0, 0.1) is 34.6 Å². The fraction of sp³-hybridized carbons (Fsp3) is 0.250. The van der Waals surface area contributed by atoms with Gasteiger partial charge in [0.25, 0.3) is 5.56 Å². The molecule has 1 N–H and O–H groups in total. The number of carbonyl (C=O) groups is 1. The average Bonchev–Trinajstić information content (AvgIpc) is 3.15. The van der Waals surface area contributed by atoms with Crippen molar-refractivity contribution in [2.45, 2.75) is 41.2 Å². The number of nitrogens with zero attached hydrogens (tertiary/aromatic N) is 4. The van der Waals surface area contributed by atoms with Crippen LogP contribution in [0.5, 0.6) is 0 Å². The van der Waals surface area contributed by atoms with Crippen LogP contribution in [0.2, 0.25) is 0 Å². The molecule has 0 aliphatic heterocycles. The summed E-state index contributed by atoms with van der Waals surface area (Å²) in [6.45, 7) is 9.53. The van der Waals surface area contributed by atoms with E-state index in [9.17, 15) is 9.59 Å². The molecule has 0 aliphatic rings. The molecule has 7 heteroatoms. The van der Waals surface area contributed by atoms with E-state index in [1.165, 1.54) is 4.68 Å². The van der Waals surface area contributed by atoms with Crippen molar-refractivity contribution in [3.8, 4) is 5.69 Å². The van der Waals surface area contributed by atoms with Crippen molar-refractivity contribution in [1.82, 2.24) is 19.6 Å². The molecule has 0 aliphatic carbocycles. The molecule has 0 radical (unpaired) electrons. The number of aryl methyl sites for hydroxylation is 5. The van der Waals surface area contributed by atoms with E-state index < -0.39 is 0 Å². The van der Waals surface area contributed by atoms with Crippen molar-refractivity contribution >= 4 is 22.5 Å². The van der Waals surface area contributed by atoms with E-state index in [4.69, 9.17) is 0 Å². The summed E-state index contributed by atoms with van der Waals surface area (Å²) in [5.41, 5.74) is 6.39. The Morgan fingerprint density at radius 1 is 1.00 bits per heavy atom. The fourth-order valence-electron chi connectivity index (χ4n) is 4.00. The molecule has 0 fully saturated rings. The Balaban J connectivity index is 1.73. The number of amides is 1. The van der Waals surface area contributed by atoms with Gasteiger partial charge in [0.05, 0.1) is 17.6 Å². The third-order valence-electron chi connectivity index (χ3n) is 5.45. The van der Waals surface area contributed by atoms with Gasteiger partial charge in [-0.1, -0.05) is 35.9 Å². The summed E-state index contributed by atoms with van der Waals surface area (Å²) < 4.78 is 2.84. The fourth-order valence-corrected chi connectivity index (χ4v) is 4.00. The van der Waals surface area contributed by atoms with Crippen LogP contribution in [0.15, 0.2) is 47.4 Å². The predicted octanol–water partition coefficient (Wildman–Crippen LogP) is 3.76. The predicted molar refractivity (Wildman–Crippen MR) is 122 cm³/mol. The minimum Gasteiger partial charge on any atom is -0.324 e. The van der Waals surface area contributed by atoms with Gasteiger partial charge < -0.3 is 5.32 Å². The van der Waals surface area contributed by atoms with Crippen molar-refractivity contribution in [2.24, 2.45) is 0 Å². The Morgan fingerprint density at radius 2 is 1.68 bits per heavy atom. The van der Waals surface area contributed by atoms with E-state index in [2.05, 4.69) is 15.5 Å². The number of rotatable bonds is 4. The molecule has 2 aromatic carbocycles. The first-order valence-corrected chi connectivity index (χ1v) is 10.2. The monoisotopic (exact) mass is 415 g/mol. The number of fused-ring (bicyclic) bond motifs is 1. The van der Waals surface area contributed by atoms with Gasteiger partial charge in [0.1, 0.15) is 12.1 Å². The molecular weight excluding hydrogens is 390 g/mol. The molecular formula is C24H25N5O2. The van der Waals surface area contributed by atoms with E-state index in [1.54, 1.807) is 10.9 Å². The molecule has 2 heterocycles. The SMILES string of the molecule is Cc1cc(C)c(NC(=O)Cn2nc(C)c3cnn(-c4ccccc4C)c3c2=O)c(C)c1. The van der Waals surface area contributed by atoms with Gasteiger partial charge in [-0.25, -0.2) is 9.36 Å². The van der Waals surface area contributed by atoms with Crippen LogP contribution in [-0.4, -0.2) is 25.5 Å². The summed E-state index contributed by atoms with van der Waals surface area (Å²) in [5, 5.41) is 12.4. The molecule has 1 amide bonds. The van der Waals surface area contributed by atoms with Crippen LogP contribution in [-0.2, 0) is 11.3 Å². The van der Waals surface area contributed by atoms with Gasteiger partial charge in [0.2, 0.25) is 5.91 Å². The average molecular weight is 415 g/mol. The van der Waals surface area contributed by atoms with E-state index in [-0.39, 0.29) is 18.0 Å². The zero-order valence-corrected chi connectivity index (χ0v) is 18.4. The van der Waals surface area contributed by atoms with E-state index in [0.717, 1.165) is 33.6 Å². The Morgan fingerprint density at radius 3 is 2.35 bits per heavy atom. The number of nitrogens with one attached hydrogen (secondary N) is 1. The highest BCUT2D eigenvalue weighted by Crippen LogP contribution is 2.22. The molecule has 31 heavy (non-hydrogen) atoms. The molecule has 0 unspecified atom stereocenters. The second-order valence-electron chi connectivity index (χ2n) is 7.98. The molecule has 2 aromatic heterocycles. The summed E-state index contributed by atoms with van der Waals surface area (Å²) in [6, 6.07) is 11.8. The first-order chi connectivity index (χ1) is 14.8. The van der Waals surface area contributed by atoms with Crippen molar-refractivity contribution in [1.29, 1.82) is 0 Å². The molecule has 0 spiro atoms. The lowest BCUT2D eigenvalue weighted by atomic mass is 10.1. The molecule has 7 nitrogen and oxygen atoms in total. The zero-order chi connectivity index (χ0) is 22.3. The van der Waals surface area contributed by atoms with Gasteiger partial charge in [0.15, 0.2) is 0 Å². The van der Waals surface area contributed by atoms with Crippen LogP contribution in [0.4, 0.5) is 5.69 Å². The van der Waals surface area contributed by atoms with Crippen LogP contribution in [0.3, 0.4) is 0 Å². The number of carbonyl (C=O) groups excluding carboxylic acids is 1.